The van der Waals surface area contributed by atoms with Gasteiger partial charge in [0.05, 0.1) is 17.7 Å². The summed E-state index contributed by atoms with van der Waals surface area (Å²) < 4.78 is 34.4. The Kier molecular flexibility index (Phi) is 10.8. The number of anilines is 1. The van der Waals surface area contributed by atoms with Gasteiger partial charge in [0.25, 0.3) is 10.0 Å². The van der Waals surface area contributed by atoms with E-state index in [0.717, 1.165) is 9.87 Å². The van der Waals surface area contributed by atoms with E-state index in [1.165, 1.54) is 36.3 Å². The molecule has 0 aliphatic rings. The first kappa shape index (κ1) is 31.3. The summed E-state index contributed by atoms with van der Waals surface area (Å²) in [6, 6.07) is 16.9. The smallest absolute Gasteiger partial charge is 0.264 e. The van der Waals surface area contributed by atoms with Crippen molar-refractivity contribution in [3.63, 3.8) is 0 Å². The Morgan fingerprint density at radius 3 is 2.33 bits per heavy atom. The second-order valence-electron chi connectivity index (χ2n) is 9.22. The number of aryl methyl sites for hydroxylation is 1. The van der Waals surface area contributed by atoms with E-state index in [1.807, 2.05) is 13.8 Å². The molecule has 214 valence electrons. The lowest BCUT2D eigenvalue weighted by atomic mass is 10.1. The molecule has 1 N–H and O–H groups in total. The van der Waals surface area contributed by atoms with Gasteiger partial charge in [-0.25, -0.2) is 8.42 Å². The number of ether oxygens (including phenoxy) is 1. The molecule has 0 radical (unpaired) electrons. The van der Waals surface area contributed by atoms with Crippen molar-refractivity contribution in [2.75, 3.05) is 24.5 Å². The number of nitrogens with one attached hydrogen (secondary N) is 1. The Morgan fingerprint density at radius 1 is 1.02 bits per heavy atom. The van der Waals surface area contributed by atoms with Crippen molar-refractivity contribution in [1.29, 1.82) is 0 Å². The fourth-order valence-electron chi connectivity index (χ4n) is 4.00. The summed E-state index contributed by atoms with van der Waals surface area (Å²) >= 11 is 12.6. The molecule has 3 aromatic rings. The highest BCUT2D eigenvalue weighted by molar-refractivity contribution is 7.92. The van der Waals surface area contributed by atoms with Gasteiger partial charge >= 0.3 is 0 Å². The molecule has 2 amide bonds. The molecule has 40 heavy (non-hydrogen) atoms. The lowest BCUT2D eigenvalue weighted by molar-refractivity contribution is -0.139. The van der Waals surface area contributed by atoms with E-state index in [2.05, 4.69) is 5.32 Å². The summed E-state index contributed by atoms with van der Waals surface area (Å²) in [7, 11) is -2.87. The maximum absolute atomic E-state index is 14.0. The van der Waals surface area contributed by atoms with Crippen LogP contribution in [0.2, 0.25) is 10.0 Å². The van der Waals surface area contributed by atoms with Gasteiger partial charge in [-0.3, -0.25) is 13.9 Å². The summed E-state index contributed by atoms with van der Waals surface area (Å²) in [6.45, 7) is 5.16. The molecule has 11 heteroatoms. The first-order valence-electron chi connectivity index (χ1n) is 12.7. The minimum Gasteiger partial charge on any atom is -0.495 e. The fraction of sp³-hybridized carbons (Fsp3) is 0.310. The Balaban J connectivity index is 2.10. The normalized spacial score (nSPS) is 11.9. The zero-order valence-electron chi connectivity index (χ0n) is 22.9. The molecule has 0 heterocycles. The van der Waals surface area contributed by atoms with Crippen LogP contribution in [0.3, 0.4) is 0 Å². The molecule has 0 saturated heterocycles. The maximum Gasteiger partial charge on any atom is 0.264 e. The summed E-state index contributed by atoms with van der Waals surface area (Å²) in [5.41, 5.74) is 1.57. The van der Waals surface area contributed by atoms with Gasteiger partial charge in [0.2, 0.25) is 11.8 Å². The zero-order chi connectivity index (χ0) is 29.4. The predicted molar refractivity (Wildman–Crippen MR) is 158 cm³/mol. The van der Waals surface area contributed by atoms with Gasteiger partial charge < -0.3 is 15.0 Å². The molecule has 0 aromatic heterocycles. The molecule has 1 atom stereocenters. The van der Waals surface area contributed by atoms with Crippen LogP contribution in [-0.2, 0) is 26.2 Å². The average molecular weight is 607 g/mol. The third-order valence-electron chi connectivity index (χ3n) is 6.31. The van der Waals surface area contributed by atoms with E-state index >= 15 is 0 Å². The molecule has 0 saturated carbocycles. The van der Waals surface area contributed by atoms with Crippen molar-refractivity contribution < 1.29 is 22.7 Å². The number of amides is 2. The number of rotatable bonds is 12. The quantitative estimate of drug-likeness (QED) is 0.296. The van der Waals surface area contributed by atoms with Crippen LogP contribution in [0.25, 0.3) is 0 Å². The molecule has 0 aliphatic carbocycles. The van der Waals surface area contributed by atoms with Crippen LogP contribution in [0.4, 0.5) is 5.69 Å². The molecule has 1 unspecified atom stereocenters. The van der Waals surface area contributed by atoms with Crippen LogP contribution in [0, 0.1) is 6.92 Å². The first-order chi connectivity index (χ1) is 19.0. The molecule has 0 aliphatic heterocycles. The molecule has 0 bridgehead atoms. The SMILES string of the molecule is CCCNC(=O)C(C)N(Cc1ccccc1Cl)C(=O)CN(c1cc(Cl)ccc1OC)S(=O)(=O)c1ccc(C)cc1. The van der Waals surface area contributed by atoms with Crippen molar-refractivity contribution in [3.8, 4) is 5.75 Å². The number of halogens is 2. The largest absolute Gasteiger partial charge is 0.495 e. The summed E-state index contributed by atoms with van der Waals surface area (Å²) in [5, 5.41) is 3.48. The number of hydrogen-bond donors (Lipinski definition) is 1. The second kappa shape index (κ2) is 13.9. The number of methoxy groups -OCH3 is 1. The topological polar surface area (TPSA) is 96.0 Å². The maximum atomic E-state index is 14.0. The van der Waals surface area contributed by atoms with Gasteiger partial charge in [-0.15, -0.1) is 0 Å². The van der Waals surface area contributed by atoms with Crippen molar-refractivity contribution in [2.45, 2.75) is 44.7 Å². The van der Waals surface area contributed by atoms with Crippen LogP contribution in [0.1, 0.15) is 31.4 Å². The minimum absolute atomic E-state index is 0.00960. The third kappa shape index (κ3) is 7.47. The minimum atomic E-state index is -4.27. The van der Waals surface area contributed by atoms with Crippen molar-refractivity contribution >= 4 is 50.7 Å². The van der Waals surface area contributed by atoms with Crippen LogP contribution in [-0.4, -0.2) is 51.4 Å². The number of benzene rings is 3. The van der Waals surface area contributed by atoms with Gasteiger partial charge in [0.15, 0.2) is 0 Å². The Labute approximate surface area is 245 Å². The molecule has 0 fully saturated rings. The molecule has 3 rings (SSSR count). The lowest BCUT2D eigenvalue weighted by Gasteiger charge is -2.32. The van der Waals surface area contributed by atoms with Gasteiger partial charge in [0.1, 0.15) is 18.3 Å². The summed E-state index contributed by atoms with van der Waals surface area (Å²) in [6.07, 6.45) is 0.716. The number of sulfonamides is 1. The van der Waals surface area contributed by atoms with Gasteiger partial charge in [-0.05, 0) is 62.2 Å². The fourth-order valence-corrected chi connectivity index (χ4v) is 5.78. The van der Waals surface area contributed by atoms with E-state index in [4.69, 9.17) is 27.9 Å². The highest BCUT2D eigenvalue weighted by Gasteiger charge is 2.34. The van der Waals surface area contributed by atoms with Gasteiger partial charge in [-0.1, -0.05) is 66.0 Å². The monoisotopic (exact) mass is 605 g/mol. The van der Waals surface area contributed by atoms with Crippen molar-refractivity contribution in [1.82, 2.24) is 10.2 Å². The number of carbonyl (C=O) groups excluding carboxylic acids is 2. The Bertz CT molecular complexity index is 1450. The van der Waals surface area contributed by atoms with E-state index < -0.39 is 28.5 Å². The van der Waals surface area contributed by atoms with Gasteiger partial charge in [-0.2, -0.15) is 0 Å². The van der Waals surface area contributed by atoms with Crippen LogP contribution in [0.15, 0.2) is 71.6 Å². The number of carbonyl (C=O) groups is 2. The van der Waals surface area contributed by atoms with Crippen molar-refractivity contribution in [2.24, 2.45) is 0 Å². The zero-order valence-corrected chi connectivity index (χ0v) is 25.2. The Morgan fingerprint density at radius 2 is 1.70 bits per heavy atom. The molecule has 3 aromatic carbocycles. The lowest BCUT2D eigenvalue weighted by Crippen LogP contribution is -2.51. The van der Waals surface area contributed by atoms with Crippen LogP contribution in [0.5, 0.6) is 5.75 Å². The van der Waals surface area contributed by atoms with Crippen LogP contribution >= 0.6 is 23.2 Å². The van der Waals surface area contributed by atoms with Gasteiger partial charge in [0, 0.05) is 23.1 Å². The predicted octanol–water partition coefficient (Wildman–Crippen LogP) is 5.45. The van der Waals surface area contributed by atoms with Crippen molar-refractivity contribution in [3.05, 3.63) is 87.9 Å². The molecular weight excluding hydrogens is 573 g/mol. The third-order valence-corrected chi connectivity index (χ3v) is 8.69. The Hall–Kier alpha value is -3.27. The summed E-state index contributed by atoms with van der Waals surface area (Å²) in [5.74, 6) is -0.772. The first-order valence-corrected chi connectivity index (χ1v) is 14.9. The number of hydrogen-bond acceptors (Lipinski definition) is 5. The summed E-state index contributed by atoms with van der Waals surface area (Å²) in [4.78, 5) is 28.3. The number of nitrogens with zero attached hydrogens (tertiary/aromatic N) is 2. The average Bonchev–Trinajstić information content (AvgIpc) is 2.93. The van der Waals surface area contributed by atoms with E-state index in [-0.39, 0.29) is 33.8 Å². The molecular formula is C29H33Cl2N3O5S. The highest BCUT2D eigenvalue weighted by Crippen LogP contribution is 2.35. The molecule has 8 nitrogen and oxygen atoms in total. The van der Waals surface area contributed by atoms with Crippen LogP contribution < -0.4 is 14.4 Å². The van der Waals surface area contributed by atoms with E-state index in [9.17, 15) is 18.0 Å². The van der Waals surface area contributed by atoms with E-state index in [0.29, 0.717) is 23.6 Å². The second-order valence-corrected chi connectivity index (χ2v) is 11.9. The standard InChI is InChI=1S/C29H33Cl2N3O5S/c1-5-16-32-29(36)21(3)33(18-22-8-6-7-9-25(22)31)28(35)19-34(26-17-23(30)12-15-27(26)39-4)40(37,38)24-13-10-20(2)11-14-24/h6-15,17,21H,5,16,18-19H2,1-4H3,(H,32,36). The highest BCUT2D eigenvalue weighted by atomic mass is 35.5. The molecule has 0 spiro atoms. The van der Waals surface area contributed by atoms with E-state index in [1.54, 1.807) is 49.4 Å².